The maximum Gasteiger partial charge on any atom is 0.243 e. The van der Waals surface area contributed by atoms with E-state index in [2.05, 4.69) is 10.6 Å². The second kappa shape index (κ2) is 13.4. The number of nitrogens with one attached hydrogen (secondary N) is 2. The van der Waals surface area contributed by atoms with Crippen LogP contribution in [-0.2, 0) is 9.59 Å². The molecule has 6 nitrogen and oxygen atoms in total. The minimum Gasteiger partial charge on any atom is -0.508 e. The Hall–Kier alpha value is -3.35. The van der Waals surface area contributed by atoms with E-state index in [1.165, 1.54) is 0 Å². The SMILES string of the molecule is C[C@@H](NC(=O)[C@H](CCCN)NC(=O)C(c1ccccc1)c1ccccc1)c1ccc(O)cc1.Cl. The molecule has 34 heavy (non-hydrogen) atoms. The molecule has 0 aliphatic heterocycles. The lowest BCUT2D eigenvalue weighted by molar-refractivity contribution is -0.129. The fourth-order valence-electron chi connectivity index (χ4n) is 3.79. The van der Waals surface area contributed by atoms with Crippen LogP contribution >= 0.6 is 12.4 Å². The van der Waals surface area contributed by atoms with Gasteiger partial charge in [-0.25, -0.2) is 0 Å². The number of benzene rings is 3. The summed E-state index contributed by atoms with van der Waals surface area (Å²) in [6.45, 7) is 2.29. The lowest BCUT2D eigenvalue weighted by atomic mass is 9.90. The summed E-state index contributed by atoms with van der Waals surface area (Å²) >= 11 is 0. The van der Waals surface area contributed by atoms with E-state index in [1.54, 1.807) is 24.3 Å². The van der Waals surface area contributed by atoms with Gasteiger partial charge in [0.1, 0.15) is 11.8 Å². The van der Waals surface area contributed by atoms with Gasteiger partial charge in [0.05, 0.1) is 12.0 Å². The highest BCUT2D eigenvalue weighted by atomic mass is 35.5. The predicted molar refractivity (Wildman–Crippen MR) is 137 cm³/mol. The standard InChI is InChI=1S/C27H31N3O3.ClH/c1-19(20-14-16-23(31)17-15-20)29-26(32)24(13-8-18-28)30-27(33)25(21-9-4-2-5-10-21)22-11-6-3-7-12-22;/h2-7,9-12,14-17,19,24-25,31H,8,13,18,28H2,1H3,(H,29,32)(H,30,33);1H/t19-,24+;/m1./s1. The van der Waals surface area contributed by atoms with Crippen LogP contribution in [0.2, 0.25) is 0 Å². The first-order chi connectivity index (χ1) is 16.0. The van der Waals surface area contributed by atoms with E-state index in [4.69, 9.17) is 5.73 Å². The van der Waals surface area contributed by atoms with Gasteiger partial charge in [-0.05, 0) is 55.1 Å². The zero-order chi connectivity index (χ0) is 23.6. The molecule has 0 aromatic heterocycles. The first-order valence-corrected chi connectivity index (χ1v) is 11.2. The fourth-order valence-corrected chi connectivity index (χ4v) is 3.79. The number of hydrogen-bond donors (Lipinski definition) is 4. The molecule has 3 rings (SSSR count). The zero-order valence-corrected chi connectivity index (χ0v) is 20.0. The Morgan fingerprint density at radius 1 is 0.794 bits per heavy atom. The van der Waals surface area contributed by atoms with Crippen LogP contribution in [0.3, 0.4) is 0 Å². The largest absolute Gasteiger partial charge is 0.508 e. The van der Waals surface area contributed by atoms with Crippen molar-refractivity contribution in [2.75, 3.05) is 6.54 Å². The third-order valence-corrected chi connectivity index (χ3v) is 5.61. The predicted octanol–water partition coefficient (Wildman–Crippen LogP) is 4.05. The molecule has 0 bridgehead atoms. The molecule has 0 saturated heterocycles. The van der Waals surface area contributed by atoms with E-state index >= 15 is 0 Å². The van der Waals surface area contributed by atoms with Gasteiger partial charge in [0.2, 0.25) is 11.8 Å². The average Bonchev–Trinajstić information content (AvgIpc) is 2.83. The summed E-state index contributed by atoms with van der Waals surface area (Å²) in [5.41, 5.74) is 8.26. The van der Waals surface area contributed by atoms with E-state index in [9.17, 15) is 14.7 Å². The number of nitrogens with two attached hydrogens (primary N) is 1. The molecule has 2 atom stereocenters. The Kier molecular flexibility index (Phi) is 10.6. The summed E-state index contributed by atoms with van der Waals surface area (Å²) in [6, 6.07) is 24.8. The van der Waals surface area contributed by atoms with Gasteiger partial charge in [-0.15, -0.1) is 12.4 Å². The third-order valence-electron chi connectivity index (χ3n) is 5.61. The molecule has 0 unspecified atom stereocenters. The van der Waals surface area contributed by atoms with Crippen molar-refractivity contribution < 1.29 is 14.7 Å². The topological polar surface area (TPSA) is 104 Å². The van der Waals surface area contributed by atoms with E-state index in [-0.39, 0.29) is 36.0 Å². The highest BCUT2D eigenvalue weighted by Gasteiger charge is 2.28. The van der Waals surface area contributed by atoms with E-state index in [1.807, 2.05) is 67.6 Å². The quantitative estimate of drug-likeness (QED) is 0.350. The Labute approximate surface area is 207 Å². The molecular formula is C27H32ClN3O3. The second-order valence-electron chi connectivity index (χ2n) is 8.07. The lowest BCUT2D eigenvalue weighted by Crippen LogP contribution is -2.48. The molecule has 180 valence electrons. The van der Waals surface area contributed by atoms with Crippen molar-refractivity contribution in [3.8, 4) is 5.75 Å². The number of amides is 2. The molecule has 0 heterocycles. The maximum absolute atomic E-state index is 13.5. The van der Waals surface area contributed by atoms with Crippen LogP contribution in [0, 0.1) is 0 Å². The maximum atomic E-state index is 13.5. The Morgan fingerprint density at radius 3 is 1.82 bits per heavy atom. The number of halogens is 1. The van der Waals surface area contributed by atoms with Gasteiger partial charge in [0.15, 0.2) is 0 Å². The number of phenolic OH excluding ortho intramolecular Hbond substituents is 1. The van der Waals surface area contributed by atoms with Gasteiger partial charge in [-0.1, -0.05) is 72.8 Å². The summed E-state index contributed by atoms with van der Waals surface area (Å²) in [4.78, 5) is 26.6. The van der Waals surface area contributed by atoms with E-state index in [0.717, 1.165) is 16.7 Å². The number of aromatic hydroxyl groups is 1. The molecule has 7 heteroatoms. The molecule has 3 aromatic rings. The zero-order valence-electron chi connectivity index (χ0n) is 19.2. The Morgan fingerprint density at radius 2 is 1.32 bits per heavy atom. The molecule has 3 aromatic carbocycles. The van der Waals surface area contributed by atoms with Crippen molar-refractivity contribution in [3.63, 3.8) is 0 Å². The molecule has 2 amide bonds. The van der Waals surface area contributed by atoms with E-state index in [0.29, 0.717) is 19.4 Å². The van der Waals surface area contributed by atoms with Crippen molar-refractivity contribution in [2.24, 2.45) is 5.73 Å². The first kappa shape index (κ1) is 26.9. The monoisotopic (exact) mass is 481 g/mol. The van der Waals surface area contributed by atoms with Gasteiger partial charge >= 0.3 is 0 Å². The minimum atomic E-state index is -0.712. The number of carbonyl (C=O) groups excluding carboxylic acids is 2. The molecule has 0 aliphatic carbocycles. The fraction of sp³-hybridized carbons (Fsp3) is 0.259. The number of rotatable bonds is 10. The van der Waals surface area contributed by atoms with Crippen molar-refractivity contribution >= 4 is 24.2 Å². The van der Waals surface area contributed by atoms with Crippen LogP contribution in [0.25, 0.3) is 0 Å². The van der Waals surface area contributed by atoms with Crippen LogP contribution in [0.4, 0.5) is 0 Å². The van der Waals surface area contributed by atoms with Crippen LogP contribution in [-0.4, -0.2) is 29.5 Å². The van der Waals surface area contributed by atoms with Crippen LogP contribution in [0.5, 0.6) is 5.75 Å². The van der Waals surface area contributed by atoms with Crippen molar-refractivity contribution in [2.45, 2.75) is 37.8 Å². The van der Waals surface area contributed by atoms with Crippen molar-refractivity contribution in [1.29, 1.82) is 0 Å². The normalized spacial score (nSPS) is 12.3. The van der Waals surface area contributed by atoms with Gasteiger partial charge in [0.25, 0.3) is 0 Å². The van der Waals surface area contributed by atoms with Crippen molar-refractivity contribution in [1.82, 2.24) is 10.6 Å². The Balaban J connectivity index is 0.00000408. The average molecular weight is 482 g/mol. The number of hydrogen-bond acceptors (Lipinski definition) is 4. The highest BCUT2D eigenvalue weighted by Crippen LogP contribution is 2.25. The molecule has 0 radical (unpaired) electrons. The Bertz CT molecular complexity index is 991. The molecule has 0 aliphatic rings. The van der Waals surface area contributed by atoms with Crippen molar-refractivity contribution in [3.05, 3.63) is 102 Å². The molecule has 0 spiro atoms. The minimum absolute atomic E-state index is 0. The summed E-state index contributed by atoms with van der Waals surface area (Å²) in [5, 5.41) is 15.4. The number of carbonyl (C=O) groups is 2. The summed E-state index contributed by atoms with van der Waals surface area (Å²) in [7, 11) is 0. The highest BCUT2D eigenvalue weighted by molar-refractivity contribution is 5.92. The third kappa shape index (κ3) is 7.33. The van der Waals surface area contributed by atoms with Crippen LogP contribution in [0.15, 0.2) is 84.9 Å². The van der Waals surface area contributed by atoms with Gasteiger partial charge in [-0.2, -0.15) is 0 Å². The summed E-state index contributed by atoms with van der Waals surface area (Å²) < 4.78 is 0. The first-order valence-electron chi connectivity index (χ1n) is 11.2. The summed E-state index contributed by atoms with van der Waals surface area (Å²) in [6.07, 6.45) is 1.04. The van der Waals surface area contributed by atoms with Crippen LogP contribution < -0.4 is 16.4 Å². The van der Waals surface area contributed by atoms with Gasteiger partial charge in [0, 0.05) is 0 Å². The second-order valence-corrected chi connectivity index (χ2v) is 8.07. The number of phenols is 1. The molecule has 5 N–H and O–H groups in total. The van der Waals surface area contributed by atoms with Gasteiger partial charge < -0.3 is 21.5 Å². The van der Waals surface area contributed by atoms with Crippen LogP contribution in [0.1, 0.15) is 48.4 Å². The lowest BCUT2D eigenvalue weighted by Gasteiger charge is -2.24. The summed E-state index contributed by atoms with van der Waals surface area (Å²) in [5.74, 6) is -0.868. The smallest absolute Gasteiger partial charge is 0.243 e. The molecular weight excluding hydrogens is 450 g/mol. The molecule has 0 saturated carbocycles. The van der Waals surface area contributed by atoms with E-state index < -0.39 is 12.0 Å². The molecule has 0 fully saturated rings. The van der Waals surface area contributed by atoms with Gasteiger partial charge in [-0.3, -0.25) is 9.59 Å².